The minimum atomic E-state index is 0.612. The van der Waals surface area contributed by atoms with Gasteiger partial charge in [-0.25, -0.2) is 0 Å². The highest BCUT2D eigenvalue weighted by atomic mass is 16.5. The zero-order valence-corrected chi connectivity index (χ0v) is 8.32. The highest BCUT2D eigenvalue weighted by molar-refractivity contribution is 6.46. The minimum Gasteiger partial charge on any atom is -0.450 e. The predicted molar refractivity (Wildman–Crippen MR) is 60.1 cm³/mol. The van der Waals surface area contributed by atoms with Crippen LogP contribution in [0.4, 0.5) is 5.82 Å². The van der Waals surface area contributed by atoms with Gasteiger partial charge in [-0.1, -0.05) is 29.3 Å². The van der Waals surface area contributed by atoms with Gasteiger partial charge in [0.15, 0.2) is 11.4 Å². The van der Waals surface area contributed by atoms with E-state index in [4.69, 9.17) is 9.55 Å². The molecule has 2 rings (SSSR count). The summed E-state index contributed by atoms with van der Waals surface area (Å²) in [5.74, 6) is 0.612. The lowest BCUT2D eigenvalue weighted by molar-refractivity contribution is 0.460. The van der Waals surface area contributed by atoms with Crippen LogP contribution in [0, 0.1) is 0 Å². The molecule has 15 heavy (non-hydrogen) atoms. The molecule has 75 valence electrons. The number of benzene rings is 1. The second-order valence-electron chi connectivity index (χ2n) is 3.32. The van der Waals surface area contributed by atoms with Gasteiger partial charge in [0, 0.05) is 5.70 Å². The largest absolute Gasteiger partial charge is 0.450 e. The third-order valence-electron chi connectivity index (χ3n) is 1.97. The Morgan fingerprint density at radius 1 is 1.60 bits per heavy atom. The highest BCUT2D eigenvalue weighted by Gasteiger charge is 2.08. The van der Waals surface area contributed by atoms with Gasteiger partial charge in [-0.2, -0.15) is 0 Å². The fourth-order valence-electron chi connectivity index (χ4n) is 1.33. The topological polar surface area (TPSA) is 58.3 Å². The lowest BCUT2D eigenvalue weighted by Crippen LogP contribution is -2.12. The molecule has 1 heterocycles. The van der Waals surface area contributed by atoms with E-state index in [-0.39, 0.29) is 0 Å². The monoisotopic (exact) mass is 201 g/mol. The van der Waals surface area contributed by atoms with Gasteiger partial charge in [-0.3, -0.25) is 0 Å². The molecule has 0 atom stereocenters. The molecular formula is C10H10BN2O2. The third kappa shape index (κ3) is 1.87. The maximum atomic E-state index is 8.89. The predicted octanol–water partition coefficient (Wildman–Crippen LogP) is 1.01. The van der Waals surface area contributed by atoms with Crippen LogP contribution in [0.15, 0.2) is 35.0 Å². The van der Waals surface area contributed by atoms with Crippen molar-refractivity contribution in [3.63, 3.8) is 0 Å². The summed E-state index contributed by atoms with van der Waals surface area (Å²) in [6.45, 7) is 5.57. The Kier molecular flexibility index (Phi) is 2.47. The number of hydrogen-bond acceptors (Lipinski definition) is 4. The second kappa shape index (κ2) is 3.78. The normalized spacial score (nSPS) is 10.3. The van der Waals surface area contributed by atoms with E-state index in [1.807, 2.05) is 6.92 Å². The molecule has 0 aliphatic heterocycles. The van der Waals surface area contributed by atoms with Crippen LogP contribution in [0.3, 0.4) is 0 Å². The van der Waals surface area contributed by atoms with Crippen LogP contribution in [0.2, 0.25) is 0 Å². The average Bonchev–Trinajstić information content (AvgIpc) is 2.60. The van der Waals surface area contributed by atoms with E-state index in [0.29, 0.717) is 16.9 Å². The Balaban J connectivity index is 2.51. The zero-order valence-electron chi connectivity index (χ0n) is 8.32. The van der Waals surface area contributed by atoms with E-state index in [1.54, 1.807) is 18.2 Å². The van der Waals surface area contributed by atoms with Crippen LogP contribution in [-0.4, -0.2) is 17.7 Å². The SMILES string of the molecule is C=C(C)Nc1noc2ccc([B]O)cc12. The van der Waals surface area contributed by atoms with Crippen molar-refractivity contribution in [1.82, 2.24) is 5.16 Å². The fourth-order valence-corrected chi connectivity index (χ4v) is 1.33. The molecule has 0 unspecified atom stereocenters. The molecular weight excluding hydrogens is 191 g/mol. The number of rotatable bonds is 3. The molecule has 0 saturated heterocycles. The molecule has 5 heteroatoms. The lowest BCUT2D eigenvalue weighted by atomic mass is 9.88. The van der Waals surface area contributed by atoms with Crippen molar-refractivity contribution in [2.24, 2.45) is 0 Å². The Labute approximate surface area is 87.8 Å². The van der Waals surface area contributed by atoms with Gasteiger partial charge < -0.3 is 14.9 Å². The van der Waals surface area contributed by atoms with Crippen molar-refractivity contribution >= 4 is 29.7 Å². The van der Waals surface area contributed by atoms with Crippen LogP contribution in [0.25, 0.3) is 11.0 Å². The van der Waals surface area contributed by atoms with E-state index in [2.05, 4.69) is 17.1 Å². The second-order valence-corrected chi connectivity index (χ2v) is 3.32. The standard InChI is InChI=1S/C10H10BN2O2/c1-6(2)12-10-8-5-7(11-14)3-4-9(8)15-13-10/h3-5,14H,1H2,2H3,(H,12,13). The first-order valence-corrected chi connectivity index (χ1v) is 4.50. The molecule has 2 aromatic rings. The average molecular weight is 201 g/mol. The zero-order chi connectivity index (χ0) is 10.8. The Morgan fingerprint density at radius 2 is 2.40 bits per heavy atom. The van der Waals surface area contributed by atoms with Crippen LogP contribution in [0.1, 0.15) is 6.92 Å². The molecule has 0 amide bonds. The van der Waals surface area contributed by atoms with Crippen LogP contribution < -0.4 is 10.8 Å². The summed E-state index contributed by atoms with van der Waals surface area (Å²) in [6, 6.07) is 5.29. The Bertz CT molecular complexity index is 507. The number of anilines is 1. The summed E-state index contributed by atoms with van der Waals surface area (Å²) in [4.78, 5) is 0. The van der Waals surface area contributed by atoms with Crippen molar-refractivity contribution in [2.75, 3.05) is 5.32 Å². The molecule has 1 aromatic carbocycles. The molecule has 1 radical (unpaired) electrons. The molecule has 0 spiro atoms. The number of nitrogens with one attached hydrogen (secondary N) is 1. The van der Waals surface area contributed by atoms with Crippen LogP contribution in [-0.2, 0) is 0 Å². The van der Waals surface area contributed by atoms with E-state index in [9.17, 15) is 0 Å². The Hall–Kier alpha value is -1.75. The molecule has 0 fully saturated rings. The molecule has 4 nitrogen and oxygen atoms in total. The van der Waals surface area contributed by atoms with Gasteiger partial charge in [-0.15, -0.1) is 0 Å². The number of aromatic nitrogens is 1. The van der Waals surface area contributed by atoms with Gasteiger partial charge >= 0.3 is 7.48 Å². The van der Waals surface area contributed by atoms with Gasteiger partial charge in [0.05, 0.1) is 5.39 Å². The minimum absolute atomic E-state index is 0.612. The van der Waals surface area contributed by atoms with Crippen molar-refractivity contribution in [3.8, 4) is 0 Å². The summed E-state index contributed by atoms with van der Waals surface area (Å²) >= 11 is 0. The molecule has 0 aliphatic carbocycles. The summed E-state index contributed by atoms with van der Waals surface area (Å²) in [6.07, 6.45) is 0. The first-order valence-electron chi connectivity index (χ1n) is 4.50. The molecule has 1 aromatic heterocycles. The quantitative estimate of drug-likeness (QED) is 0.727. The third-order valence-corrected chi connectivity index (χ3v) is 1.97. The maximum absolute atomic E-state index is 8.89. The van der Waals surface area contributed by atoms with Crippen molar-refractivity contribution in [1.29, 1.82) is 0 Å². The number of fused-ring (bicyclic) bond motifs is 1. The van der Waals surface area contributed by atoms with Gasteiger partial charge in [-0.05, 0) is 13.0 Å². The van der Waals surface area contributed by atoms with Crippen LogP contribution in [0.5, 0.6) is 0 Å². The number of hydrogen-bond donors (Lipinski definition) is 2. The van der Waals surface area contributed by atoms with E-state index in [0.717, 1.165) is 18.6 Å². The number of allylic oxidation sites excluding steroid dienone is 1. The van der Waals surface area contributed by atoms with Gasteiger partial charge in [0.25, 0.3) is 0 Å². The summed E-state index contributed by atoms with van der Waals surface area (Å²) in [7, 11) is 1.04. The van der Waals surface area contributed by atoms with E-state index >= 15 is 0 Å². The fraction of sp³-hybridized carbons (Fsp3) is 0.100. The first kappa shape index (κ1) is 9.80. The smallest absolute Gasteiger partial charge is 0.326 e. The summed E-state index contributed by atoms with van der Waals surface area (Å²) in [5, 5.41) is 16.6. The van der Waals surface area contributed by atoms with Crippen molar-refractivity contribution in [2.45, 2.75) is 6.92 Å². The van der Waals surface area contributed by atoms with Gasteiger partial charge in [0.1, 0.15) is 0 Å². The molecule has 0 saturated carbocycles. The molecule has 0 aliphatic rings. The number of nitrogens with zero attached hydrogens (tertiary/aromatic N) is 1. The van der Waals surface area contributed by atoms with Crippen molar-refractivity contribution < 1.29 is 9.55 Å². The summed E-state index contributed by atoms with van der Waals surface area (Å²) in [5.41, 5.74) is 2.16. The highest BCUT2D eigenvalue weighted by Crippen LogP contribution is 2.22. The Morgan fingerprint density at radius 3 is 3.07 bits per heavy atom. The van der Waals surface area contributed by atoms with Crippen molar-refractivity contribution in [3.05, 3.63) is 30.5 Å². The lowest BCUT2D eigenvalue weighted by Gasteiger charge is -2.00. The summed E-state index contributed by atoms with van der Waals surface area (Å²) < 4.78 is 5.10. The maximum Gasteiger partial charge on any atom is 0.326 e. The van der Waals surface area contributed by atoms with Crippen LogP contribution >= 0.6 is 0 Å². The van der Waals surface area contributed by atoms with E-state index < -0.39 is 0 Å². The first-order chi connectivity index (χ1) is 7.20. The van der Waals surface area contributed by atoms with Gasteiger partial charge in [0.2, 0.25) is 0 Å². The van der Waals surface area contributed by atoms with E-state index in [1.165, 1.54) is 0 Å². The molecule has 0 bridgehead atoms. The molecule has 2 N–H and O–H groups in total.